The van der Waals surface area contributed by atoms with Gasteiger partial charge in [0.05, 0.1) is 17.8 Å². The number of carbonyl (C=O) groups excluding carboxylic acids is 1. The van der Waals surface area contributed by atoms with Crippen LogP contribution in [0.1, 0.15) is 12.8 Å². The van der Waals surface area contributed by atoms with Crippen molar-refractivity contribution in [3.8, 4) is 17.0 Å². The molecule has 0 fully saturated rings. The molecule has 0 aliphatic heterocycles. The van der Waals surface area contributed by atoms with Crippen molar-refractivity contribution >= 4 is 46.4 Å². The highest BCUT2D eigenvalue weighted by atomic mass is 35.5. The molecule has 1 aromatic carbocycles. The van der Waals surface area contributed by atoms with Crippen molar-refractivity contribution < 1.29 is 9.53 Å². The Balaban J connectivity index is 0.00000264. The molecule has 0 aliphatic rings. The van der Waals surface area contributed by atoms with Crippen LogP contribution in [0, 0.1) is 0 Å². The standard InChI is InChI=1S/C15H18ClN3O2S.ClH/c1-17-7-3-4-14(20)19-15-18-12(9-22-15)10-5-6-13(21-2)11(16)8-10;/h5-6,8-9,17H,3-4,7H2,1-2H3,(H,18,19,20);1H. The summed E-state index contributed by atoms with van der Waals surface area (Å²) in [6, 6.07) is 5.49. The number of aromatic nitrogens is 1. The Kier molecular flexibility index (Phi) is 8.33. The van der Waals surface area contributed by atoms with E-state index >= 15 is 0 Å². The molecule has 1 aromatic heterocycles. The third kappa shape index (κ3) is 5.66. The van der Waals surface area contributed by atoms with Crippen molar-refractivity contribution in [3.05, 3.63) is 28.6 Å². The summed E-state index contributed by atoms with van der Waals surface area (Å²) in [6.45, 7) is 0.820. The molecule has 0 atom stereocenters. The number of benzene rings is 1. The molecular formula is C15H19Cl2N3O2S. The monoisotopic (exact) mass is 375 g/mol. The fourth-order valence-corrected chi connectivity index (χ4v) is 2.89. The first-order valence-corrected chi connectivity index (χ1v) is 8.13. The van der Waals surface area contributed by atoms with Gasteiger partial charge >= 0.3 is 0 Å². The zero-order chi connectivity index (χ0) is 15.9. The van der Waals surface area contributed by atoms with E-state index in [2.05, 4.69) is 15.6 Å². The summed E-state index contributed by atoms with van der Waals surface area (Å²) in [4.78, 5) is 16.2. The molecule has 23 heavy (non-hydrogen) atoms. The number of nitrogens with zero attached hydrogens (tertiary/aromatic N) is 1. The van der Waals surface area contributed by atoms with Crippen molar-refractivity contribution in [1.82, 2.24) is 10.3 Å². The van der Waals surface area contributed by atoms with Crippen molar-refractivity contribution in [1.29, 1.82) is 0 Å². The minimum absolute atomic E-state index is 0. The topological polar surface area (TPSA) is 63.2 Å². The summed E-state index contributed by atoms with van der Waals surface area (Å²) >= 11 is 7.51. The molecule has 0 saturated heterocycles. The zero-order valence-electron chi connectivity index (χ0n) is 12.9. The fourth-order valence-electron chi connectivity index (χ4n) is 1.90. The zero-order valence-corrected chi connectivity index (χ0v) is 15.3. The van der Waals surface area contributed by atoms with Gasteiger partial charge in [-0.1, -0.05) is 11.6 Å². The van der Waals surface area contributed by atoms with Crippen LogP contribution < -0.4 is 15.4 Å². The normalized spacial score (nSPS) is 10.0. The van der Waals surface area contributed by atoms with Crippen LogP contribution in [0.4, 0.5) is 5.13 Å². The summed E-state index contributed by atoms with van der Waals surface area (Å²) in [5.74, 6) is 0.600. The van der Waals surface area contributed by atoms with E-state index in [0.717, 1.165) is 24.2 Å². The minimum Gasteiger partial charge on any atom is -0.495 e. The number of hydrogen-bond donors (Lipinski definition) is 2. The van der Waals surface area contributed by atoms with E-state index < -0.39 is 0 Å². The predicted molar refractivity (Wildman–Crippen MR) is 98.2 cm³/mol. The fraction of sp³-hybridized carbons (Fsp3) is 0.333. The molecule has 2 N–H and O–H groups in total. The summed E-state index contributed by atoms with van der Waals surface area (Å²) in [5.41, 5.74) is 1.66. The second-order valence-electron chi connectivity index (χ2n) is 4.64. The van der Waals surface area contributed by atoms with Gasteiger partial charge in [0.25, 0.3) is 0 Å². The first-order chi connectivity index (χ1) is 10.6. The SMILES string of the molecule is CNCCCC(=O)Nc1nc(-c2ccc(OC)c(Cl)c2)cs1.Cl. The molecule has 0 bridgehead atoms. The molecule has 0 saturated carbocycles. The maximum Gasteiger partial charge on any atom is 0.226 e. The van der Waals surface area contributed by atoms with E-state index in [0.29, 0.717) is 22.3 Å². The highest BCUT2D eigenvalue weighted by molar-refractivity contribution is 7.14. The van der Waals surface area contributed by atoms with Gasteiger partial charge in [0.1, 0.15) is 5.75 Å². The van der Waals surface area contributed by atoms with Crippen LogP contribution in [0.3, 0.4) is 0 Å². The molecule has 0 aliphatic carbocycles. The number of carbonyl (C=O) groups is 1. The largest absolute Gasteiger partial charge is 0.495 e. The van der Waals surface area contributed by atoms with Crippen LogP contribution in [0.5, 0.6) is 5.75 Å². The molecule has 5 nitrogen and oxygen atoms in total. The number of anilines is 1. The summed E-state index contributed by atoms with van der Waals surface area (Å²) in [5, 5.41) is 8.84. The number of halogens is 2. The van der Waals surface area contributed by atoms with E-state index in [-0.39, 0.29) is 18.3 Å². The average molecular weight is 376 g/mol. The molecule has 1 heterocycles. The lowest BCUT2D eigenvalue weighted by Gasteiger charge is -2.04. The number of hydrogen-bond acceptors (Lipinski definition) is 5. The van der Waals surface area contributed by atoms with Gasteiger partial charge in [-0.2, -0.15) is 0 Å². The Hall–Kier alpha value is -1.34. The summed E-state index contributed by atoms with van der Waals surface area (Å²) in [6.07, 6.45) is 1.28. The van der Waals surface area contributed by atoms with Gasteiger partial charge in [-0.3, -0.25) is 4.79 Å². The van der Waals surface area contributed by atoms with Crippen molar-refractivity contribution in [3.63, 3.8) is 0 Å². The first-order valence-electron chi connectivity index (χ1n) is 6.88. The second kappa shape index (κ2) is 9.72. The second-order valence-corrected chi connectivity index (χ2v) is 5.91. The van der Waals surface area contributed by atoms with Gasteiger partial charge in [0.2, 0.25) is 5.91 Å². The highest BCUT2D eigenvalue weighted by Crippen LogP contribution is 2.31. The Labute approximate surface area is 150 Å². The predicted octanol–water partition coefficient (Wildman–Crippen LogP) is 3.83. The van der Waals surface area contributed by atoms with E-state index in [1.807, 2.05) is 18.5 Å². The molecule has 1 amide bonds. The van der Waals surface area contributed by atoms with Crippen molar-refractivity contribution in [2.24, 2.45) is 0 Å². The van der Waals surface area contributed by atoms with Crippen LogP contribution >= 0.6 is 35.3 Å². The van der Waals surface area contributed by atoms with Gasteiger partial charge in [-0.25, -0.2) is 4.98 Å². The van der Waals surface area contributed by atoms with Gasteiger partial charge in [0.15, 0.2) is 5.13 Å². The molecule has 126 valence electrons. The Morgan fingerprint density at radius 1 is 1.43 bits per heavy atom. The lowest BCUT2D eigenvalue weighted by atomic mass is 10.2. The maximum absolute atomic E-state index is 11.8. The third-order valence-electron chi connectivity index (χ3n) is 3.03. The van der Waals surface area contributed by atoms with Crippen molar-refractivity contribution in [2.45, 2.75) is 12.8 Å². The van der Waals surface area contributed by atoms with Crippen LogP contribution in [0.2, 0.25) is 5.02 Å². The molecule has 2 rings (SSSR count). The van der Waals surface area contributed by atoms with Crippen LogP contribution in [-0.2, 0) is 4.79 Å². The lowest BCUT2D eigenvalue weighted by molar-refractivity contribution is -0.116. The number of nitrogens with one attached hydrogen (secondary N) is 2. The van der Waals surface area contributed by atoms with Gasteiger partial charge in [-0.05, 0) is 38.2 Å². The molecule has 2 aromatic rings. The highest BCUT2D eigenvalue weighted by Gasteiger charge is 2.09. The van der Waals surface area contributed by atoms with Crippen LogP contribution in [-0.4, -0.2) is 31.6 Å². The van der Waals surface area contributed by atoms with Gasteiger partial charge < -0.3 is 15.4 Å². The van der Waals surface area contributed by atoms with Crippen LogP contribution in [0.15, 0.2) is 23.6 Å². The van der Waals surface area contributed by atoms with Gasteiger partial charge in [-0.15, -0.1) is 23.7 Å². The van der Waals surface area contributed by atoms with Crippen LogP contribution in [0.25, 0.3) is 11.3 Å². The Bertz CT molecular complexity index is 649. The smallest absolute Gasteiger partial charge is 0.226 e. The van der Waals surface area contributed by atoms with E-state index in [9.17, 15) is 4.79 Å². The summed E-state index contributed by atoms with van der Waals surface area (Å²) in [7, 11) is 3.44. The molecule has 0 unspecified atom stereocenters. The van der Waals surface area contributed by atoms with Gasteiger partial charge in [0, 0.05) is 17.4 Å². The van der Waals surface area contributed by atoms with E-state index in [1.54, 1.807) is 19.2 Å². The van der Waals surface area contributed by atoms with E-state index in [4.69, 9.17) is 16.3 Å². The number of amides is 1. The maximum atomic E-state index is 11.8. The number of rotatable bonds is 7. The molecule has 8 heteroatoms. The minimum atomic E-state index is -0.0242. The summed E-state index contributed by atoms with van der Waals surface area (Å²) < 4.78 is 5.13. The molecular weight excluding hydrogens is 357 g/mol. The van der Waals surface area contributed by atoms with Crippen molar-refractivity contribution in [2.75, 3.05) is 26.0 Å². The third-order valence-corrected chi connectivity index (χ3v) is 4.08. The Morgan fingerprint density at radius 3 is 2.87 bits per heavy atom. The number of thiazole rings is 1. The molecule has 0 radical (unpaired) electrons. The lowest BCUT2D eigenvalue weighted by Crippen LogP contribution is -2.15. The quantitative estimate of drug-likeness (QED) is 0.721. The molecule has 0 spiro atoms. The van der Waals surface area contributed by atoms with E-state index in [1.165, 1.54) is 11.3 Å². The Morgan fingerprint density at radius 2 is 2.22 bits per heavy atom. The average Bonchev–Trinajstić information content (AvgIpc) is 2.96. The first kappa shape index (κ1) is 19.7. The number of ether oxygens (including phenoxy) is 1. The number of methoxy groups -OCH3 is 1.